The molecule has 0 saturated heterocycles. The minimum atomic E-state index is 0.411. The largest absolute Gasteiger partial charge is 0.367 e. The van der Waals surface area contributed by atoms with Crippen LogP contribution in [-0.4, -0.2) is 17.6 Å². The number of nitrogens with zero attached hydrogens (tertiary/aromatic N) is 1. The second kappa shape index (κ2) is 5.64. The third-order valence-corrected chi connectivity index (χ3v) is 2.96. The normalized spacial score (nSPS) is 12.6. The predicted molar refractivity (Wildman–Crippen MR) is 73.1 cm³/mol. The van der Waals surface area contributed by atoms with Gasteiger partial charge in [0.2, 0.25) is 0 Å². The minimum Gasteiger partial charge on any atom is -0.367 e. The van der Waals surface area contributed by atoms with Gasteiger partial charge in [-0.15, -0.1) is 0 Å². The first kappa shape index (κ1) is 11.9. The zero-order chi connectivity index (χ0) is 12.1. The molecule has 0 bridgehead atoms. The van der Waals surface area contributed by atoms with Crippen molar-refractivity contribution >= 4 is 16.7 Å². The van der Waals surface area contributed by atoms with Gasteiger partial charge >= 0.3 is 0 Å². The zero-order valence-corrected chi connectivity index (χ0v) is 10.2. The first-order valence-electron chi connectivity index (χ1n) is 6.16. The summed E-state index contributed by atoms with van der Waals surface area (Å²) in [5, 5.41) is 4.60. The Kier molecular flexibility index (Phi) is 3.94. The molecule has 1 heterocycles. The fraction of sp³-hybridized carbons (Fsp3) is 0.357. The van der Waals surface area contributed by atoms with Gasteiger partial charge in [-0.05, 0) is 37.6 Å². The molecule has 0 spiro atoms. The zero-order valence-electron chi connectivity index (χ0n) is 10.2. The maximum absolute atomic E-state index is 5.59. The molecule has 0 fully saturated rings. The summed E-state index contributed by atoms with van der Waals surface area (Å²) in [5.74, 6) is 0.934. The van der Waals surface area contributed by atoms with Gasteiger partial charge in [-0.2, -0.15) is 0 Å². The van der Waals surface area contributed by atoms with E-state index in [1.807, 2.05) is 24.3 Å². The maximum atomic E-state index is 5.59. The molecule has 0 radical (unpaired) electrons. The SMILES string of the molecule is CCC(CCN)Nc1ccc2ccccc2n1. The molecule has 3 nitrogen and oxygen atoms in total. The van der Waals surface area contributed by atoms with Crippen molar-refractivity contribution < 1.29 is 0 Å². The monoisotopic (exact) mass is 229 g/mol. The number of nitrogens with two attached hydrogens (primary N) is 1. The van der Waals surface area contributed by atoms with Crippen LogP contribution in [0.25, 0.3) is 10.9 Å². The number of pyridine rings is 1. The number of hydrogen-bond acceptors (Lipinski definition) is 3. The number of rotatable bonds is 5. The van der Waals surface area contributed by atoms with Gasteiger partial charge in [-0.3, -0.25) is 0 Å². The summed E-state index contributed by atoms with van der Waals surface area (Å²) in [7, 11) is 0. The smallest absolute Gasteiger partial charge is 0.126 e. The molecule has 0 saturated carbocycles. The summed E-state index contributed by atoms with van der Waals surface area (Å²) in [5.41, 5.74) is 6.62. The third kappa shape index (κ3) is 2.94. The van der Waals surface area contributed by atoms with Crippen LogP contribution in [0.4, 0.5) is 5.82 Å². The van der Waals surface area contributed by atoms with E-state index < -0.39 is 0 Å². The fourth-order valence-corrected chi connectivity index (χ4v) is 1.94. The number of anilines is 1. The highest BCUT2D eigenvalue weighted by Crippen LogP contribution is 2.16. The van der Waals surface area contributed by atoms with E-state index in [9.17, 15) is 0 Å². The molecule has 17 heavy (non-hydrogen) atoms. The summed E-state index contributed by atoms with van der Waals surface area (Å²) >= 11 is 0. The molecule has 90 valence electrons. The number of hydrogen-bond donors (Lipinski definition) is 2. The van der Waals surface area contributed by atoms with Gasteiger partial charge in [-0.1, -0.05) is 25.1 Å². The lowest BCUT2D eigenvalue weighted by Crippen LogP contribution is -2.22. The lowest BCUT2D eigenvalue weighted by Gasteiger charge is -2.16. The van der Waals surface area contributed by atoms with Crippen molar-refractivity contribution in [2.24, 2.45) is 5.73 Å². The quantitative estimate of drug-likeness (QED) is 0.829. The van der Waals surface area contributed by atoms with Crippen LogP contribution < -0.4 is 11.1 Å². The van der Waals surface area contributed by atoms with Crippen LogP contribution >= 0.6 is 0 Å². The Balaban J connectivity index is 2.18. The molecular formula is C14H19N3. The Bertz CT molecular complexity index is 482. The van der Waals surface area contributed by atoms with E-state index in [1.165, 1.54) is 5.39 Å². The summed E-state index contributed by atoms with van der Waals surface area (Å²) < 4.78 is 0. The highest BCUT2D eigenvalue weighted by molar-refractivity contribution is 5.80. The number of fused-ring (bicyclic) bond motifs is 1. The molecule has 0 amide bonds. The Morgan fingerprint density at radius 3 is 2.82 bits per heavy atom. The Labute approximate surface area is 102 Å². The van der Waals surface area contributed by atoms with Crippen molar-refractivity contribution in [1.82, 2.24) is 4.98 Å². The van der Waals surface area contributed by atoms with Gasteiger partial charge in [0.05, 0.1) is 5.52 Å². The fourth-order valence-electron chi connectivity index (χ4n) is 1.94. The Morgan fingerprint density at radius 1 is 1.24 bits per heavy atom. The third-order valence-electron chi connectivity index (χ3n) is 2.96. The molecule has 1 unspecified atom stereocenters. The van der Waals surface area contributed by atoms with E-state index in [0.717, 1.165) is 24.2 Å². The number of aromatic nitrogens is 1. The van der Waals surface area contributed by atoms with Gasteiger partial charge in [0.15, 0.2) is 0 Å². The van der Waals surface area contributed by atoms with Crippen molar-refractivity contribution in [2.45, 2.75) is 25.8 Å². The van der Waals surface area contributed by atoms with Gasteiger partial charge in [0.25, 0.3) is 0 Å². The van der Waals surface area contributed by atoms with Gasteiger partial charge in [0.1, 0.15) is 5.82 Å². The van der Waals surface area contributed by atoms with Crippen LogP contribution in [0.15, 0.2) is 36.4 Å². The minimum absolute atomic E-state index is 0.411. The lowest BCUT2D eigenvalue weighted by atomic mass is 10.1. The van der Waals surface area contributed by atoms with Gasteiger partial charge in [0, 0.05) is 11.4 Å². The van der Waals surface area contributed by atoms with Crippen molar-refractivity contribution in [2.75, 3.05) is 11.9 Å². The second-order valence-corrected chi connectivity index (χ2v) is 4.22. The topological polar surface area (TPSA) is 50.9 Å². The predicted octanol–water partition coefficient (Wildman–Crippen LogP) is 2.77. The lowest BCUT2D eigenvalue weighted by molar-refractivity contribution is 0.640. The maximum Gasteiger partial charge on any atom is 0.126 e. The van der Waals surface area contributed by atoms with Crippen LogP contribution in [0.2, 0.25) is 0 Å². The van der Waals surface area contributed by atoms with Crippen molar-refractivity contribution in [1.29, 1.82) is 0 Å². The van der Waals surface area contributed by atoms with Crippen LogP contribution in [0.3, 0.4) is 0 Å². The average Bonchev–Trinajstić information content (AvgIpc) is 2.38. The highest BCUT2D eigenvalue weighted by atomic mass is 15.0. The number of benzene rings is 1. The van der Waals surface area contributed by atoms with Crippen LogP contribution in [0, 0.1) is 0 Å². The summed E-state index contributed by atoms with van der Waals surface area (Å²) in [6, 6.07) is 12.7. The molecule has 0 aliphatic rings. The van der Waals surface area contributed by atoms with E-state index in [0.29, 0.717) is 12.6 Å². The Morgan fingerprint density at radius 2 is 2.06 bits per heavy atom. The molecule has 2 aromatic rings. The molecule has 1 aromatic heterocycles. The van der Waals surface area contributed by atoms with E-state index in [2.05, 4.69) is 29.4 Å². The van der Waals surface area contributed by atoms with Crippen molar-refractivity contribution in [3.63, 3.8) is 0 Å². The van der Waals surface area contributed by atoms with Gasteiger partial charge < -0.3 is 11.1 Å². The van der Waals surface area contributed by atoms with Crippen LogP contribution in [-0.2, 0) is 0 Å². The van der Waals surface area contributed by atoms with Crippen LogP contribution in [0.1, 0.15) is 19.8 Å². The molecule has 1 atom stereocenters. The van der Waals surface area contributed by atoms with Gasteiger partial charge in [-0.25, -0.2) is 4.98 Å². The Hall–Kier alpha value is -1.61. The molecule has 0 aliphatic carbocycles. The van der Waals surface area contributed by atoms with Crippen LogP contribution in [0.5, 0.6) is 0 Å². The standard InChI is InChI=1S/C14H19N3/c1-2-12(9-10-15)16-14-8-7-11-5-3-4-6-13(11)17-14/h3-8,12H,2,9-10,15H2,1H3,(H,16,17). The molecule has 3 heteroatoms. The molecule has 1 aromatic carbocycles. The number of nitrogens with one attached hydrogen (secondary N) is 1. The van der Waals surface area contributed by atoms with E-state index in [4.69, 9.17) is 5.73 Å². The van der Waals surface area contributed by atoms with E-state index >= 15 is 0 Å². The number of para-hydroxylation sites is 1. The first-order chi connectivity index (χ1) is 8.33. The molecule has 2 rings (SSSR count). The van der Waals surface area contributed by atoms with Crippen molar-refractivity contribution in [3.05, 3.63) is 36.4 Å². The first-order valence-corrected chi connectivity index (χ1v) is 6.16. The molecule has 0 aliphatic heterocycles. The highest BCUT2D eigenvalue weighted by Gasteiger charge is 2.05. The average molecular weight is 229 g/mol. The summed E-state index contributed by atoms with van der Waals surface area (Å²) in [6.45, 7) is 2.87. The van der Waals surface area contributed by atoms with E-state index in [-0.39, 0.29) is 0 Å². The second-order valence-electron chi connectivity index (χ2n) is 4.22. The van der Waals surface area contributed by atoms with Crippen molar-refractivity contribution in [3.8, 4) is 0 Å². The summed E-state index contributed by atoms with van der Waals surface area (Å²) in [4.78, 5) is 4.59. The van der Waals surface area contributed by atoms with E-state index in [1.54, 1.807) is 0 Å². The molecular weight excluding hydrogens is 210 g/mol. The summed E-state index contributed by atoms with van der Waals surface area (Å²) in [6.07, 6.45) is 2.04. The molecule has 3 N–H and O–H groups in total.